The molecule has 24 heavy (non-hydrogen) atoms. The molecule has 1 aliphatic carbocycles. The van der Waals surface area contributed by atoms with Crippen molar-refractivity contribution in [3.8, 4) is 0 Å². The first-order valence-electron chi connectivity index (χ1n) is 8.73. The van der Waals surface area contributed by atoms with Gasteiger partial charge in [0.2, 0.25) is 17.8 Å². The Morgan fingerprint density at radius 1 is 1.17 bits per heavy atom. The number of hydrogen-bond acceptors (Lipinski definition) is 4. The standard InChI is InChI=1S/C17H23F3O4/c1-4-10-12-6-5-9(2)11-7-8-15(3)22-14(16(11,12)24-23-15)21-13(10)17(18,19)20/h9,11-12,14H,4-8H2,1-3H3/t9-,11?,12+,14-,15+,16-/m1/s1. The van der Waals surface area contributed by atoms with Gasteiger partial charge in [0, 0.05) is 18.3 Å². The number of allylic oxidation sites excluding steroid dienone is 1. The third kappa shape index (κ3) is 2.10. The highest BCUT2D eigenvalue weighted by Gasteiger charge is 2.69. The van der Waals surface area contributed by atoms with Crippen molar-refractivity contribution in [1.82, 2.24) is 0 Å². The number of ether oxygens (including phenoxy) is 2. The molecule has 0 aromatic heterocycles. The summed E-state index contributed by atoms with van der Waals surface area (Å²) >= 11 is 0. The van der Waals surface area contributed by atoms with Crippen LogP contribution in [-0.2, 0) is 19.2 Å². The van der Waals surface area contributed by atoms with Crippen LogP contribution in [0.2, 0.25) is 0 Å². The first kappa shape index (κ1) is 16.7. The molecule has 0 N–H and O–H groups in total. The fourth-order valence-electron chi connectivity index (χ4n) is 5.14. The van der Waals surface area contributed by atoms with Gasteiger partial charge >= 0.3 is 6.18 Å². The van der Waals surface area contributed by atoms with E-state index in [4.69, 9.17) is 19.2 Å². The summed E-state index contributed by atoms with van der Waals surface area (Å²) in [7, 11) is 0. The van der Waals surface area contributed by atoms with Gasteiger partial charge < -0.3 is 9.47 Å². The summed E-state index contributed by atoms with van der Waals surface area (Å²) in [4.78, 5) is 11.4. The Bertz CT molecular complexity index is 575. The molecule has 7 heteroatoms. The molecule has 4 nitrogen and oxygen atoms in total. The molecular weight excluding hydrogens is 325 g/mol. The SMILES string of the molecule is CCC1=C(C(F)(F)F)O[C@@H]2O[C@]3(C)CCC4[C@H](C)CC[C@@H]1[C@]42OO3. The average Bonchev–Trinajstić information content (AvgIpc) is 2.74. The van der Waals surface area contributed by atoms with Crippen LogP contribution >= 0.6 is 0 Å². The molecular formula is C17H23F3O4. The van der Waals surface area contributed by atoms with Gasteiger partial charge in [-0.15, -0.1) is 0 Å². The molecule has 0 aromatic carbocycles. The molecule has 4 fully saturated rings. The highest BCUT2D eigenvalue weighted by atomic mass is 19.4. The molecule has 0 radical (unpaired) electrons. The lowest BCUT2D eigenvalue weighted by atomic mass is 9.59. The predicted molar refractivity (Wildman–Crippen MR) is 77.2 cm³/mol. The van der Waals surface area contributed by atoms with Gasteiger partial charge in [0.15, 0.2) is 5.60 Å². The second kappa shape index (κ2) is 5.11. The minimum atomic E-state index is -4.53. The van der Waals surface area contributed by atoms with Crippen LogP contribution < -0.4 is 0 Å². The summed E-state index contributed by atoms with van der Waals surface area (Å²) in [5.74, 6) is -1.95. The van der Waals surface area contributed by atoms with E-state index < -0.39 is 29.6 Å². The zero-order valence-corrected chi connectivity index (χ0v) is 14.1. The monoisotopic (exact) mass is 348 g/mol. The highest BCUT2D eigenvalue weighted by molar-refractivity contribution is 5.27. The van der Waals surface area contributed by atoms with Crippen molar-refractivity contribution < 1.29 is 32.4 Å². The lowest BCUT2D eigenvalue weighted by molar-refractivity contribution is -0.557. The van der Waals surface area contributed by atoms with Gasteiger partial charge in [-0.1, -0.05) is 13.8 Å². The van der Waals surface area contributed by atoms with Crippen LogP contribution in [0.4, 0.5) is 13.2 Å². The molecule has 1 unspecified atom stereocenters. The number of hydrogen-bond donors (Lipinski definition) is 0. The first-order chi connectivity index (χ1) is 11.2. The summed E-state index contributed by atoms with van der Waals surface area (Å²) < 4.78 is 52.0. The molecule has 5 aliphatic rings. The fraction of sp³-hybridized carbons (Fsp3) is 0.882. The van der Waals surface area contributed by atoms with E-state index in [2.05, 4.69) is 6.92 Å². The number of alkyl halides is 3. The maximum Gasteiger partial charge on any atom is 0.448 e. The second-order valence-corrected chi connectivity index (χ2v) is 7.68. The number of rotatable bonds is 1. The maximum atomic E-state index is 13.6. The normalized spacial score (nSPS) is 47.9. The smallest absolute Gasteiger partial charge is 0.448 e. The van der Waals surface area contributed by atoms with Crippen molar-refractivity contribution in [3.05, 3.63) is 11.3 Å². The van der Waals surface area contributed by atoms with Crippen LogP contribution in [-0.4, -0.2) is 23.9 Å². The molecule has 4 heterocycles. The molecule has 5 rings (SSSR count). The molecule has 0 amide bonds. The van der Waals surface area contributed by atoms with E-state index in [1.807, 2.05) is 0 Å². The Hall–Kier alpha value is -0.790. The van der Waals surface area contributed by atoms with Crippen LogP contribution in [0.3, 0.4) is 0 Å². The molecule has 1 saturated carbocycles. The molecule has 136 valence electrons. The summed E-state index contributed by atoms with van der Waals surface area (Å²) in [5.41, 5.74) is -0.693. The highest BCUT2D eigenvalue weighted by Crippen LogP contribution is 2.61. The van der Waals surface area contributed by atoms with Crippen LogP contribution in [0.15, 0.2) is 11.3 Å². The minimum Gasteiger partial charge on any atom is -0.456 e. The van der Waals surface area contributed by atoms with Crippen LogP contribution in [0, 0.1) is 17.8 Å². The van der Waals surface area contributed by atoms with E-state index in [1.54, 1.807) is 13.8 Å². The van der Waals surface area contributed by atoms with Gasteiger partial charge in [-0.2, -0.15) is 13.2 Å². The summed E-state index contributed by atoms with van der Waals surface area (Å²) in [5, 5.41) is 0. The van der Waals surface area contributed by atoms with Crippen molar-refractivity contribution >= 4 is 0 Å². The van der Waals surface area contributed by atoms with E-state index >= 15 is 0 Å². The quantitative estimate of drug-likeness (QED) is 0.656. The van der Waals surface area contributed by atoms with Gasteiger partial charge in [0.1, 0.15) is 0 Å². The largest absolute Gasteiger partial charge is 0.456 e. The third-order valence-corrected chi connectivity index (χ3v) is 6.29. The van der Waals surface area contributed by atoms with E-state index in [0.29, 0.717) is 18.8 Å². The van der Waals surface area contributed by atoms with Crippen molar-refractivity contribution in [2.24, 2.45) is 17.8 Å². The van der Waals surface area contributed by atoms with E-state index in [0.717, 1.165) is 12.8 Å². The van der Waals surface area contributed by atoms with Gasteiger partial charge in [0.25, 0.3) is 0 Å². The van der Waals surface area contributed by atoms with Gasteiger partial charge in [-0.25, -0.2) is 9.78 Å². The summed E-state index contributed by atoms with van der Waals surface area (Å²) in [6.07, 6.45) is -2.45. The number of fused-ring (bicyclic) bond motifs is 2. The van der Waals surface area contributed by atoms with Crippen molar-refractivity contribution in [2.45, 2.75) is 76.7 Å². The van der Waals surface area contributed by atoms with Gasteiger partial charge in [0.05, 0.1) is 0 Å². The number of halogens is 3. The van der Waals surface area contributed by atoms with Crippen molar-refractivity contribution in [2.75, 3.05) is 0 Å². The predicted octanol–water partition coefficient (Wildman–Crippen LogP) is 4.46. The lowest BCUT2D eigenvalue weighted by Crippen LogP contribution is -2.67. The molecule has 4 aliphatic heterocycles. The molecule has 6 atom stereocenters. The van der Waals surface area contributed by atoms with E-state index in [9.17, 15) is 13.2 Å². The fourth-order valence-corrected chi connectivity index (χ4v) is 5.14. The Balaban J connectivity index is 1.88. The van der Waals surface area contributed by atoms with E-state index in [-0.39, 0.29) is 23.8 Å². The topological polar surface area (TPSA) is 36.9 Å². The molecule has 3 saturated heterocycles. The van der Waals surface area contributed by atoms with Crippen molar-refractivity contribution in [3.63, 3.8) is 0 Å². The lowest BCUT2D eigenvalue weighted by Gasteiger charge is -2.57. The molecule has 0 aromatic rings. The van der Waals surface area contributed by atoms with Gasteiger partial charge in [-0.05, 0) is 44.1 Å². The Morgan fingerprint density at radius 2 is 1.92 bits per heavy atom. The molecule has 2 bridgehead atoms. The first-order valence-corrected chi connectivity index (χ1v) is 8.73. The van der Waals surface area contributed by atoms with Crippen LogP contribution in [0.25, 0.3) is 0 Å². The molecule has 1 spiro atoms. The second-order valence-electron chi connectivity index (χ2n) is 7.68. The Kier molecular flexibility index (Phi) is 3.55. The summed E-state index contributed by atoms with van der Waals surface area (Å²) in [6.45, 7) is 5.57. The Morgan fingerprint density at radius 3 is 2.58 bits per heavy atom. The average molecular weight is 348 g/mol. The summed E-state index contributed by atoms with van der Waals surface area (Å²) in [6, 6.07) is 0. The Labute approximate surface area is 139 Å². The van der Waals surface area contributed by atoms with Gasteiger partial charge in [-0.3, -0.25) is 0 Å². The van der Waals surface area contributed by atoms with Crippen LogP contribution in [0.1, 0.15) is 52.9 Å². The van der Waals surface area contributed by atoms with Crippen molar-refractivity contribution in [1.29, 1.82) is 0 Å². The third-order valence-electron chi connectivity index (χ3n) is 6.29. The minimum absolute atomic E-state index is 0.0573. The zero-order valence-electron chi connectivity index (χ0n) is 14.1. The van der Waals surface area contributed by atoms with Crippen LogP contribution in [0.5, 0.6) is 0 Å². The van der Waals surface area contributed by atoms with E-state index in [1.165, 1.54) is 0 Å². The zero-order chi connectivity index (χ0) is 17.3. The maximum absolute atomic E-state index is 13.6.